The number of halogens is 1. The van der Waals surface area contributed by atoms with Crippen LogP contribution < -0.4 is 14.8 Å². The van der Waals surface area contributed by atoms with E-state index in [9.17, 15) is 0 Å². The van der Waals surface area contributed by atoms with E-state index in [0.29, 0.717) is 6.61 Å². The van der Waals surface area contributed by atoms with E-state index in [4.69, 9.17) is 9.47 Å². The van der Waals surface area contributed by atoms with Crippen LogP contribution in [0.3, 0.4) is 0 Å². The van der Waals surface area contributed by atoms with Crippen molar-refractivity contribution in [2.24, 2.45) is 0 Å². The van der Waals surface area contributed by atoms with Gasteiger partial charge in [-0.25, -0.2) is 0 Å². The van der Waals surface area contributed by atoms with Gasteiger partial charge in [-0.05, 0) is 48.5 Å². The van der Waals surface area contributed by atoms with Gasteiger partial charge in [0.15, 0.2) is 0 Å². The molecule has 100 valence electrons. The van der Waals surface area contributed by atoms with Crippen molar-refractivity contribution in [1.82, 2.24) is 0 Å². The first-order valence-corrected chi connectivity index (χ1v) is 6.83. The highest BCUT2D eigenvalue weighted by molar-refractivity contribution is 9.10. The second kappa shape index (κ2) is 7.04. The second-order valence-electron chi connectivity index (χ2n) is 3.96. The average molecular weight is 322 g/mol. The molecule has 2 aromatic rings. The van der Waals surface area contributed by atoms with Crippen molar-refractivity contribution in [2.45, 2.75) is 0 Å². The lowest BCUT2D eigenvalue weighted by atomic mass is 10.3. The molecule has 0 fully saturated rings. The first-order valence-electron chi connectivity index (χ1n) is 6.04. The highest BCUT2D eigenvalue weighted by atomic mass is 79.9. The van der Waals surface area contributed by atoms with Gasteiger partial charge in [0.25, 0.3) is 0 Å². The summed E-state index contributed by atoms with van der Waals surface area (Å²) in [5.41, 5.74) is 1.06. The molecule has 0 amide bonds. The van der Waals surface area contributed by atoms with Gasteiger partial charge in [0.1, 0.15) is 18.1 Å². The molecule has 0 heterocycles. The molecule has 0 unspecified atom stereocenters. The maximum atomic E-state index is 5.62. The minimum absolute atomic E-state index is 0.619. The predicted octanol–water partition coefficient (Wildman–Crippen LogP) is 3.95. The molecule has 3 nitrogen and oxygen atoms in total. The second-order valence-corrected chi connectivity index (χ2v) is 4.87. The Bertz CT molecular complexity index is 497. The molecular weight excluding hydrogens is 306 g/mol. The molecule has 0 aromatic heterocycles. The zero-order chi connectivity index (χ0) is 13.5. The van der Waals surface area contributed by atoms with Crippen LogP contribution in [0.4, 0.5) is 5.69 Å². The standard InChI is InChI=1S/C15H16BrNO2/c1-18-14-8-4-13(5-9-14)17-10-11-19-15-6-2-12(16)3-7-15/h2-9,17H,10-11H2,1H3. The predicted molar refractivity (Wildman–Crippen MR) is 81.1 cm³/mol. The molecule has 0 spiro atoms. The molecule has 2 rings (SSSR count). The van der Waals surface area contributed by atoms with E-state index in [1.165, 1.54) is 0 Å². The number of benzene rings is 2. The van der Waals surface area contributed by atoms with Crippen LogP contribution in [-0.2, 0) is 0 Å². The number of rotatable bonds is 6. The van der Waals surface area contributed by atoms with E-state index in [1.807, 2.05) is 48.5 Å². The van der Waals surface area contributed by atoms with Crippen LogP contribution in [0.25, 0.3) is 0 Å². The summed E-state index contributed by atoms with van der Waals surface area (Å²) in [4.78, 5) is 0. The van der Waals surface area contributed by atoms with Crippen molar-refractivity contribution < 1.29 is 9.47 Å². The Labute approximate surface area is 121 Å². The van der Waals surface area contributed by atoms with Gasteiger partial charge >= 0.3 is 0 Å². The molecule has 4 heteroatoms. The SMILES string of the molecule is COc1ccc(NCCOc2ccc(Br)cc2)cc1. The first kappa shape index (κ1) is 13.7. The topological polar surface area (TPSA) is 30.5 Å². The Kier molecular flexibility index (Phi) is 5.10. The van der Waals surface area contributed by atoms with Gasteiger partial charge in [0.2, 0.25) is 0 Å². The van der Waals surface area contributed by atoms with Gasteiger partial charge in [-0.1, -0.05) is 15.9 Å². The monoisotopic (exact) mass is 321 g/mol. The van der Waals surface area contributed by atoms with Crippen LogP contribution in [0.1, 0.15) is 0 Å². The van der Waals surface area contributed by atoms with Crippen molar-refractivity contribution in [3.05, 3.63) is 53.0 Å². The van der Waals surface area contributed by atoms with Gasteiger partial charge in [-0.2, -0.15) is 0 Å². The number of nitrogens with one attached hydrogen (secondary N) is 1. The highest BCUT2D eigenvalue weighted by Gasteiger charge is 1.95. The number of anilines is 1. The van der Waals surface area contributed by atoms with Crippen LogP contribution >= 0.6 is 15.9 Å². The largest absolute Gasteiger partial charge is 0.497 e. The summed E-state index contributed by atoms with van der Waals surface area (Å²) in [6.45, 7) is 1.37. The Morgan fingerprint density at radius 3 is 2.21 bits per heavy atom. The molecule has 0 aliphatic rings. The van der Waals surface area contributed by atoms with Gasteiger partial charge < -0.3 is 14.8 Å². The van der Waals surface area contributed by atoms with Crippen molar-refractivity contribution in [3.8, 4) is 11.5 Å². The van der Waals surface area contributed by atoms with E-state index < -0.39 is 0 Å². The van der Waals surface area contributed by atoms with Crippen LogP contribution in [0.5, 0.6) is 11.5 Å². The maximum Gasteiger partial charge on any atom is 0.119 e. The van der Waals surface area contributed by atoms with Crippen molar-refractivity contribution >= 4 is 21.6 Å². The van der Waals surface area contributed by atoms with E-state index in [1.54, 1.807) is 7.11 Å². The molecule has 0 aliphatic heterocycles. The summed E-state index contributed by atoms with van der Waals surface area (Å²) in [5, 5.41) is 3.29. The van der Waals surface area contributed by atoms with Crippen LogP contribution in [0, 0.1) is 0 Å². The Morgan fingerprint density at radius 2 is 1.58 bits per heavy atom. The summed E-state index contributed by atoms with van der Waals surface area (Å²) < 4.78 is 11.8. The third-order valence-corrected chi connectivity index (χ3v) is 3.13. The van der Waals surface area contributed by atoms with Crippen molar-refractivity contribution in [1.29, 1.82) is 0 Å². The molecule has 0 bridgehead atoms. The minimum atomic E-state index is 0.619. The van der Waals surface area contributed by atoms with E-state index >= 15 is 0 Å². The lowest BCUT2D eigenvalue weighted by molar-refractivity contribution is 0.333. The molecule has 0 saturated carbocycles. The van der Waals surface area contributed by atoms with Crippen molar-refractivity contribution in [3.63, 3.8) is 0 Å². The molecule has 0 atom stereocenters. The average Bonchev–Trinajstić information content (AvgIpc) is 2.46. The van der Waals surface area contributed by atoms with E-state index in [0.717, 1.165) is 28.2 Å². The number of hydrogen-bond acceptors (Lipinski definition) is 3. The summed E-state index contributed by atoms with van der Waals surface area (Å²) in [7, 11) is 1.66. The fraction of sp³-hybridized carbons (Fsp3) is 0.200. The summed E-state index contributed by atoms with van der Waals surface area (Å²) >= 11 is 3.39. The van der Waals surface area contributed by atoms with Crippen LogP contribution in [0.15, 0.2) is 53.0 Å². The molecule has 0 aliphatic carbocycles. The fourth-order valence-electron chi connectivity index (χ4n) is 1.60. The van der Waals surface area contributed by atoms with Crippen LogP contribution in [-0.4, -0.2) is 20.3 Å². The Hall–Kier alpha value is -1.68. The summed E-state index contributed by atoms with van der Waals surface area (Å²) in [6, 6.07) is 15.6. The maximum absolute atomic E-state index is 5.62. The molecule has 0 radical (unpaired) electrons. The summed E-state index contributed by atoms with van der Waals surface area (Å²) in [6.07, 6.45) is 0. The number of hydrogen-bond donors (Lipinski definition) is 1. The summed E-state index contributed by atoms with van der Waals surface area (Å²) in [5.74, 6) is 1.73. The van der Waals surface area contributed by atoms with Gasteiger partial charge in [-0.3, -0.25) is 0 Å². The van der Waals surface area contributed by atoms with Gasteiger partial charge in [0, 0.05) is 16.7 Å². The van der Waals surface area contributed by atoms with Gasteiger partial charge in [-0.15, -0.1) is 0 Å². The van der Waals surface area contributed by atoms with Gasteiger partial charge in [0.05, 0.1) is 7.11 Å². The normalized spacial score (nSPS) is 10.0. The number of methoxy groups -OCH3 is 1. The highest BCUT2D eigenvalue weighted by Crippen LogP contribution is 2.16. The smallest absolute Gasteiger partial charge is 0.119 e. The zero-order valence-electron chi connectivity index (χ0n) is 10.7. The van der Waals surface area contributed by atoms with Crippen molar-refractivity contribution in [2.75, 3.05) is 25.6 Å². The lowest BCUT2D eigenvalue weighted by Crippen LogP contribution is -2.11. The molecule has 19 heavy (non-hydrogen) atoms. The fourth-order valence-corrected chi connectivity index (χ4v) is 1.87. The van der Waals surface area contributed by atoms with Crippen LogP contribution in [0.2, 0.25) is 0 Å². The lowest BCUT2D eigenvalue weighted by Gasteiger charge is -2.09. The molecular formula is C15H16BrNO2. The third-order valence-electron chi connectivity index (χ3n) is 2.60. The molecule has 1 N–H and O–H groups in total. The molecule has 2 aromatic carbocycles. The Morgan fingerprint density at radius 1 is 0.947 bits per heavy atom. The quantitative estimate of drug-likeness (QED) is 0.817. The van der Waals surface area contributed by atoms with E-state index in [2.05, 4.69) is 21.2 Å². The molecule has 0 saturated heterocycles. The Balaban J connectivity index is 1.72. The van der Waals surface area contributed by atoms with E-state index in [-0.39, 0.29) is 0 Å². The first-order chi connectivity index (χ1) is 9.28. The third kappa shape index (κ3) is 4.48. The minimum Gasteiger partial charge on any atom is -0.497 e. The number of ether oxygens (including phenoxy) is 2. The zero-order valence-corrected chi connectivity index (χ0v) is 12.3.